The van der Waals surface area contributed by atoms with Gasteiger partial charge in [0.15, 0.2) is 17.8 Å². The second-order valence-electron chi connectivity index (χ2n) is 9.36. The van der Waals surface area contributed by atoms with Crippen LogP contribution in [0.1, 0.15) is 10.4 Å². The van der Waals surface area contributed by atoms with E-state index in [0.717, 1.165) is 0 Å². The smallest absolute Gasteiger partial charge is 0.338 e. The van der Waals surface area contributed by atoms with Crippen LogP contribution in [0.3, 0.4) is 0 Å². The summed E-state index contributed by atoms with van der Waals surface area (Å²) in [6, 6.07) is 4.61. The summed E-state index contributed by atoms with van der Waals surface area (Å²) in [5, 5.41) is 50.2. The highest BCUT2D eigenvalue weighted by atomic mass is 16.8. The van der Waals surface area contributed by atoms with Crippen LogP contribution in [0.25, 0.3) is 0 Å². The number of fused-ring (bicyclic) bond motifs is 3. The Morgan fingerprint density at radius 3 is 2.46 bits per heavy atom. The van der Waals surface area contributed by atoms with E-state index in [1.54, 1.807) is 12.1 Å². The van der Waals surface area contributed by atoms with Crippen LogP contribution < -0.4 is 9.47 Å². The predicted molar refractivity (Wildman–Crippen MR) is 119 cm³/mol. The molecule has 13 nitrogen and oxygen atoms in total. The molecule has 5 rings (SSSR count). The van der Waals surface area contributed by atoms with Gasteiger partial charge in [-0.05, 0) is 24.3 Å². The van der Waals surface area contributed by atoms with Crippen LogP contribution in [0.4, 0.5) is 0 Å². The zero-order chi connectivity index (χ0) is 26.5. The number of aliphatic hydroxyl groups is 5. The molecule has 13 heteroatoms. The molecule has 3 fully saturated rings. The topological polar surface area (TPSA) is 186 Å². The lowest BCUT2D eigenvalue weighted by molar-refractivity contribution is -0.344. The van der Waals surface area contributed by atoms with Crippen LogP contribution in [0.5, 0.6) is 11.5 Å². The van der Waals surface area contributed by atoms with Gasteiger partial charge in [-0.25, -0.2) is 4.79 Å². The molecule has 1 aromatic rings. The summed E-state index contributed by atoms with van der Waals surface area (Å²) in [4.78, 5) is 13.0. The summed E-state index contributed by atoms with van der Waals surface area (Å²) in [6.45, 7) is -1.04. The van der Waals surface area contributed by atoms with Gasteiger partial charge in [-0.1, -0.05) is 0 Å². The lowest BCUT2D eigenvalue weighted by Gasteiger charge is -2.43. The van der Waals surface area contributed by atoms with Crippen LogP contribution in [-0.4, -0.2) is 114 Å². The maximum Gasteiger partial charge on any atom is 0.338 e. The zero-order valence-corrected chi connectivity index (χ0v) is 20.1. The Hall–Kier alpha value is -2.49. The van der Waals surface area contributed by atoms with Gasteiger partial charge in [0, 0.05) is 5.92 Å². The molecular formula is C24H30O13. The van der Waals surface area contributed by atoms with Crippen molar-refractivity contribution in [3.05, 3.63) is 36.1 Å². The molecule has 11 atom stereocenters. The van der Waals surface area contributed by atoms with Gasteiger partial charge in [0.05, 0.1) is 45.2 Å². The largest absolute Gasteiger partial charge is 0.493 e. The van der Waals surface area contributed by atoms with Crippen molar-refractivity contribution in [3.8, 4) is 11.5 Å². The Morgan fingerprint density at radius 1 is 1.03 bits per heavy atom. The van der Waals surface area contributed by atoms with Gasteiger partial charge in [-0.3, -0.25) is 0 Å². The molecule has 4 aliphatic rings. The van der Waals surface area contributed by atoms with E-state index in [-0.39, 0.29) is 5.56 Å². The summed E-state index contributed by atoms with van der Waals surface area (Å²) in [5.74, 6) is -1.00. The van der Waals surface area contributed by atoms with Crippen LogP contribution in [-0.2, 0) is 23.7 Å². The lowest BCUT2D eigenvalue weighted by atomic mass is 9.85. The number of hydrogen-bond donors (Lipinski definition) is 5. The molecule has 37 heavy (non-hydrogen) atoms. The van der Waals surface area contributed by atoms with E-state index in [4.69, 9.17) is 33.2 Å². The molecule has 5 N–H and O–H groups in total. The van der Waals surface area contributed by atoms with E-state index >= 15 is 0 Å². The molecule has 3 heterocycles. The van der Waals surface area contributed by atoms with Crippen LogP contribution in [0.15, 0.2) is 30.5 Å². The van der Waals surface area contributed by atoms with Crippen LogP contribution in [0.2, 0.25) is 0 Å². The maximum atomic E-state index is 13.0. The molecule has 0 spiro atoms. The molecule has 0 amide bonds. The fourth-order valence-electron chi connectivity index (χ4n) is 5.44. The number of rotatable bonds is 8. The summed E-state index contributed by atoms with van der Waals surface area (Å²) in [6.07, 6.45) is -7.02. The summed E-state index contributed by atoms with van der Waals surface area (Å²) >= 11 is 0. The second-order valence-corrected chi connectivity index (χ2v) is 9.36. The Balaban J connectivity index is 1.34. The number of hydrogen-bond acceptors (Lipinski definition) is 13. The SMILES string of the molecule is COc1ccc(C(=O)O[C@@H]2[C@@H]3C=CO[C@H](O[C@@H]4O[C@H](CO)[C@@H](O)[C@H](O)[C@H]4O)[C@H]3[C@@]3(CO)O[C@@H]23)cc1OC. The third-order valence-electron chi connectivity index (χ3n) is 7.46. The van der Waals surface area contributed by atoms with Gasteiger partial charge in [0.1, 0.15) is 42.2 Å². The highest BCUT2D eigenvalue weighted by molar-refractivity contribution is 5.90. The molecule has 2 saturated heterocycles. The van der Waals surface area contributed by atoms with Crippen molar-refractivity contribution < 1.29 is 63.5 Å². The lowest BCUT2D eigenvalue weighted by Crippen LogP contribution is -2.60. The number of aliphatic hydroxyl groups excluding tert-OH is 5. The third-order valence-corrected chi connectivity index (χ3v) is 7.46. The van der Waals surface area contributed by atoms with E-state index in [9.17, 15) is 30.3 Å². The molecule has 1 aromatic carbocycles. The molecule has 204 valence electrons. The van der Waals surface area contributed by atoms with Gasteiger partial charge in [0.2, 0.25) is 6.29 Å². The first-order chi connectivity index (χ1) is 17.8. The van der Waals surface area contributed by atoms with Crippen molar-refractivity contribution in [3.63, 3.8) is 0 Å². The molecule has 0 radical (unpaired) electrons. The van der Waals surface area contributed by atoms with Gasteiger partial charge in [-0.15, -0.1) is 0 Å². The monoisotopic (exact) mass is 526 g/mol. The number of benzene rings is 1. The maximum absolute atomic E-state index is 13.0. The normalized spacial score (nSPS) is 41.8. The van der Waals surface area contributed by atoms with Crippen molar-refractivity contribution in [1.82, 2.24) is 0 Å². The average molecular weight is 526 g/mol. The van der Waals surface area contributed by atoms with Crippen molar-refractivity contribution >= 4 is 5.97 Å². The molecule has 3 aliphatic heterocycles. The Labute approximate surface area is 211 Å². The number of esters is 1. The summed E-state index contributed by atoms with van der Waals surface area (Å²) < 4.78 is 39.0. The predicted octanol–water partition coefficient (Wildman–Crippen LogP) is -1.71. The van der Waals surface area contributed by atoms with E-state index in [1.165, 1.54) is 32.6 Å². The minimum absolute atomic E-state index is 0.224. The molecular weight excluding hydrogens is 496 g/mol. The highest BCUT2D eigenvalue weighted by Gasteiger charge is 2.77. The minimum Gasteiger partial charge on any atom is -0.493 e. The quantitative estimate of drug-likeness (QED) is 0.191. The number of methoxy groups -OCH3 is 2. The second kappa shape index (κ2) is 10.0. The average Bonchev–Trinajstić information content (AvgIpc) is 3.60. The van der Waals surface area contributed by atoms with Crippen LogP contribution >= 0.6 is 0 Å². The number of carbonyl (C=O) groups excluding carboxylic acids is 1. The van der Waals surface area contributed by atoms with E-state index < -0.39 is 85.8 Å². The zero-order valence-electron chi connectivity index (χ0n) is 20.1. The fraction of sp³-hybridized carbons (Fsp3) is 0.625. The van der Waals surface area contributed by atoms with Crippen molar-refractivity contribution in [2.24, 2.45) is 11.8 Å². The van der Waals surface area contributed by atoms with Crippen LogP contribution in [0, 0.1) is 11.8 Å². The summed E-state index contributed by atoms with van der Waals surface area (Å²) in [5.41, 5.74) is -0.918. The molecule has 0 unspecified atom stereocenters. The van der Waals surface area contributed by atoms with Gasteiger partial charge >= 0.3 is 5.97 Å². The molecule has 0 aromatic heterocycles. The summed E-state index contributed by atoms with van der Waals surface area (Å²) in [7, 11) is 2.93. The van der Waals surface area contributed by atoms with Gasteiger partial charge < -0.3 is 58.7 Å². The Bertz CT molecular complexity index is 1030. The van der Waals surface area contributed by atoms with E-state index in [0.29, 0.717) is 11.5 Å². The van der Waals surface area contributed by atoms with E-state index in [2.05, 4.69) is 0 Å². The third kappa shape index (κ3) is 4.25. The first kappa shape index (κ1) is 26.1. The Morgan fingerprint density at radius 2 is 1.78 bits per heavy atom. The Kier molecular flexibility index (Phi) is 7.06. The highest BCUT2D eigenvalue weighted by Crippen LogP contribution is 2.60. The number of carbonyl (C=O) groups is 1. The standard InChI is InChI=1S/C24H30O13/c1-31-12-4-3-10(7-13(12)32-2)21(30)35-19-11-5-6-33-22(15(11)24(9-26)20(19)37-24)36-23-18(29)17(28)16(27)14(8-25)34-23/h3-7,11,14-20,22-23,25-29H,8-9H2,1-2H3/t11-,14-,15+,16-,17+,18-,19-,20+,22-,23+,24-/m1/s1. The fourth-order valence-corrected chi connectivity index (χ4v) is 5.44. The first-order valence-corrected chi connectivity index (χ1v) is 11.8. The molecule has 0 bridgehead atoms. The first-order valence-electron chi connectivity index (χ1n) is 11.8. The van der Waals surface area contributed by atoms with Crippen molar-refractivity contribution in [2.75, 3.05) is 27.4 Å². The van der Waals surface area contributed by atoms with Crippen molar-refractivity contribution in [1.29, 1.82) is 0 Å². The minimum atomic E-state index is -1.65. The van der Waals surface area contributed by atoms with Gasteiger partial charge in [-0.2, -0.15) is 0 Å². The number of epoxide rings is 1. The van der Waals surface area contributed by atoms with Crippen molar-refractivity contribution in [2.45, 2.75) is 54.8 Å². The number of ether oxygens (including phenoxy) is 7. The van der Waals surface area contributed by atoms with Gasteiger partial charge in [0.25, 0.3) is 0 Å². The van der Waals surface area contributed by atoms with E-state index in [1.807, 2.05) is 0 Å². The molecule has 1 saturated carbocycles. The molecule has 1 aliphatic carbocycles.